The van der Waals surface area contributed by atoms with E-state index in [1.54, 1.807) is 24.1 Å². The van der Waals surface area contributed by atoms with Crippen LogP contribution in [-0.2, 0) is 0 Å². The van der Waals surface area contributed by atoms with Crippen LogP contribution in [0.5, 0.6) is 0 Å². The molecule has 4 nitrogen and oxygen atoms in total. The second-order valence-electron chi connectivity index (χ2n) is 5.64. The van der Waals surface area contributed by atoms with E-state index in [9.17, 15) is 4.79 Å². The van der Waals surface area contributed by atoms with Crippen molar-refractivity contribution in [3.8, 4) is 0 Å². The Balaban J connectivity index is 2.89. The lowest BCUT2D eigenvalue weighted by atomic mass is 9.96. The van der Waals surface area contributed by atoms with Crippen molar-refractivity contribution >= 4 is 11.7 Å². The smallest absolute Gasteiger partial charge is 0.253 e. The number of rotatable bonds is 2. The first-order valence-corrected chi connectivity index (χ1v) is 5.69. The van der Waals surface area contributed by atoms with Crippen molar-refractivity contribution < 1.29 is 4.79 Å². The first-order valence-electron chi connectivity index (χ1n) is 5.69. The Bertz CT molecular complexity index is 401. The fourth-order valence-electron chi connectivity index (χ4n) is 1.82. The highest BCUT2D eigenvalue weighted by molar-refractivity contribution is 5.94. The zero-order chi connectivity index (χ0) is 13.2. The lowest BCUT2D eigenvalue weighted by Crippen LogP contribution is -2.34. The van der Waals surface area contributed by atoms with E-state index in [1.807, 2.05) is 6.92 Å². The van der Waals surface area contributed by atoms with E-state index in [0.717, 1.165) is 5.69 Å². The number of nitrogens with zero attached hydrogens (tertiary/aromatic N) is 2. The molecule has 1 heterocycles. The summed E-state index contributed by atoms with van der Waals surface area (Å²) >= 11 is 0. The molecule has 0 saturated carbocycles. The predicted octanol–water partition coefficient (Wildman–Crippen LogP) is 2.09. The summed E-state index contributed by atoms with van der Waals surface area (Å²) in [6.45, 7) is 8.83. The highest BCUT2D eigenvalue weighted by Gasteiger charge is 2.19. The van der Waals surface area contributed by atoms with Gasteiger partial charge in [-0.05, 0) is 24.5 Å². The van der Waals surface area contributed by atoms with Crippen LogP contribution >= 0.6 is 0 Å². The van der Waals surface area contributed by atoms with Crippen molar-refractivity contribution in [1.29, 1.82) is 0 Å². The van der Waals surface area contributed by atoms with Gasteiger partial charge in [-0.3, -0.25) is 4.79 Å². The lowest BCUT2D eigenvalue weighted by Gasteiger charge is -2.26. The average molecular weight is 235 g/mol. The van der Waals surface area contributed by atoms with Gasteiger partial charge in [0.2, 0.25) is 0 Å². The molecule has 1 aromatic rings. The number of pyridine rings is 1. The first kappa shape index (κ1) is 13.5. The zero-order valence-corrected chi connectivity index (χ0v) is 11.2. The molecule has 0 aliphatic heterocycles. The molecular weight excluding hydrogens is 214 g/mol. The molecule has 0 saturated heterocycles. The zero-order valence-electron chi connectivity index (χ0n) is 11.2. The third kappa shape index (κ3) is 4.06. The Morgan fingerprint density at radius 2 is 2.00 bits per heavy atom. The van der Waals surface area contributed by atoms with Crippen molar-refractivity contribution in [2.24, 2.45) is 5.41 Å². The topological polar surface area (TPSA) is 59.2 Å². The second-order valence-corrected chi connectivity index (χ2v) is 5.64. The van der Waals surface area contributed by atoms with E-state index >= 15 is 0 Å². The van der Waals surface area contributed by atoms with E-state index in [0.29, 0.717) is 17.9 Å². The quantitative estimate of drug-likeness (QED) is 0.854. The van der Waals surface area contributed by atoms with Crippen molar-refractivity contribution in [3.05, 3.63) is 23.4 Å². The summed E-state index contributed by atoms with van der Waals surface area (Å²) in [5.41, 5.74) is 7.08. The molecule has 0 unspecified atom stereocenters. The number of anilines is 1. The molecule has 1 aromatic heterocycles. The van der Waals surface area contributed by atoms with Crippen molar-refractivity contribution in [1.82, 2.24) is 9.88 Å². The highest BCUT2D eigenvalue weighted by Crippen LogP contribution is 2.16. The van der Waals surface area contributed by atoms with E-state index < -0.39 is 0 Å². The van der Waals surface area contributed by atoms with Crippen LogP contribution in [0.4, 0.5) is 5.82 Å². The monoisotopic (exact) mass is 235 g/mol. The normalized spacial score (nSPS) is 11.4. The summed E-state index contributed by atoms with van der Waals surface area (Å²) in [7, 11) is 1.81. The molecule has 1 rings (SSSR count). The molecule has 0 bridgehead atoms. The predicted molar refractivity (Wildman–Crippen MR) is 69.8 cm³/mol. The molecule has 0 aliphatic rings. The SMILES string of the molecule is Cc1cc(C(=O)N(C)CC(C)(C)C)cc(N)n1. The maximum Gasteiger partial charge on any atom is 0.253 e. The van der Waals surface area contributed by atoms with E-state index in [1.165, 1.54) is 0 Å². The number of nitrogens with two attached hydrogens (primary N) is 1. The van der Waals surface area contributed by atoms with Gasteiger partial charge >= 0.3 is 0 Å². The molecule has 0 aliphatic carbocycles. The average Bonchev–Trinajstić information content (AvgIpc) is 2.12. The minimum atomic E-state index is -0.0166. The molecule has 17 heavy (non-hydrogen) atoms. The van der Waals surface area contributed by atoms with Crippen LogP contribution in [0.2, 0.25) is 0 Å². The molecule has 0 spiro atoms. The van der Waals surface area contributed by atoms with Gasteiger partial charge < -0.3 is 10.6 Å². The van der Waals surface area contributed by atoms with Gasteiger partial charge in [0.05, 0.1) is 0 Å². The largest absolute Gasteiger partial charge is 0.384 e. The molecule has 0 aromatic carbocycles. The fraction of sp³-hybridized carbons (Fsp3) is 0.538. The Morgan fingerprint density at radius 3 is 2.47 bits per heavy atom. The number of aryl methyl sites for hydroxylation is 1. The minimum absolute atomic E-state index is 0.0166. The maximum absolute atomic E-state index is 12.2. The van der Waals surface area contributed by atoms with E-state index in [-0.39, 0.29) is 11.3 Å². The number of aromatic nitrogens is 1. The number of hydrogen-bond acceptors (Lipinski definition) is 3. The minimum Gasteiger partial charge on any atom is -0.384 e. The summed E-state index contributed by atoms with van der Waals surface area (Å²) in [5.74, 6) is 0.370. The Morgan fingerprint density at radius 1 is 1.41 bits per heavy atom. The Kier molecular flexibility index (Phi) is 3.76. The summed E-state index contributed by atoms with van der Waals surface area (Å²) in [6, 6.07) is 3.38. The summed E-state index contributed by atoms with van der Waals surface area (Å²) in [5, 5.41) is 0. The number of nitrogen functional groups attached to an aromatic ring is 1. The van der Waals surface area contributed by atoms with Crippen LogP contribution in [0, 0.1) is 12.3 Å². The molecule has 94 valence electrons. The van der Waals surface area contributed by atoms with Gasteiger partial charge in [0, 0.05) is 24.8 Å². The third-order valence-corrected chi connectivity index (χ3v) is 2.28. The molecule has 1 amide bonds. The summed E-state index contributed by atoms with van der Waals surface area (Å²) in [4.78, 5) is 17.9. The lowest BCUT2D eigenvalue weighted by molar-refractivity contribution is 0.0745. The first-order chi connectivity index (χ1) is 7.69. The number of carbonyl (C=O) groups is 1. The summed E-state index contributed by atoms with van der Waals surface area (Å²) < 4.78 is 0. The van der Waals surface area contributed by atoms with Gasteiger partial charge in [0.25, 0.3) is 5.91 Å². The number of hydrogen-bond donors (Lipinski definition) is 1. The van der Waals surface area contributed by atoms with E-state index in [2.05, 4.69) is 25.8 Å². The Labute approximate surface area is 103 Å². The van der Waals surface area contributed by atoms with Gasteiger partial charge in [-0.25, -0.2) is 4.98 Å². The van der Waals surface area contributed by atoms with Crippen LogP contribution in [0.15, 0.2) is 12.1 Å². The molecule has 0 atom stereocenters. The Hall–Kier alpha value is -1.58. The molecular formula is C13H21N3O. The number of amides is 1. The van der Waals surface area contributed by atoms with Crippen LogP contribution in [0.25, 0.3) is 0 Å². The molecule has 0 radical (unpaired) electrons. The van der Waals surface area contributed by atoms with E-state index in [4.69, 9.17) is 5.73 Å². The third-order valence-electron chi connectivity index (χ3n) is 2.28. The van der Waals surface area contributed by atoms with Gasteiger partial charge in [0.1, 0.15) is 5.82 Å². The van der Waals surface area contributed by atoms with Crippen LogP contribution < -0.4 is 5.73 Å². The van der Waals surface area contributed by atoms with Crippen LogP contribution in [0.1, 0.15) is 36.8 Å². The van der Waals surface area contributed by atoms with Crippen LogP contribution in [-0.4, -0.2) is 29.4 Å². The van der Waals surface area contributed by atoms with Crippen molar-refractivity contribution in [2.45, 2.75) is 27.7 Å². The maximum atomic E-state index is 12.2. The highest BCUT2D eigenvalue weighted by atomic mass is 16.2. The standard InChI is InChI=1S/C13H21N3O/c1-9-6-10(7-11(14)15-9)12(17)16(5)8-13(2,3)4/h6-7H,8H2,1-5H3,(H2,14,15). The van der Waals surface area contributed by atoms with Gasteiger partial charge in [0.15, 0.2) is 0 Å². The van der Waals surface area contributed by atoms with Crippen LogP contribution in [0.3, 0.4) is 0 Å². The summed E-state index contributed by atoms with van der Waals surface area (Å²) in [6.07, 6.45) is 0. The van der Waals surface area contributed by atoms with Crippen molar-refractivity contribution in [2.75, 3.05) is 19.3 Å². The van der Waals surface area contributed by atoms with Crippen molar-refractivity contribution in [3.63, 3.8) is 0 Å². The van der Waals surface area contributed by atoms with Gasteiger partial charge in [-0.2, -0.15) is 0 Å². The number of carbonyl (C=O) groups excluding carboxylic acids is 1. The molecule has 4 heteroatoms. The fourth-order valence-corrected chi connectivity index (χ4v) is 1.82. The van der Waals surface area contributed by atoms with Gasteiger partial charge in [-0.15, -0.1) is 0 Å². The molecule has 2 N–H and O–H groups in total. The second kappa shape index (κ2) is 4.73. The van der Waals surface area contributed by atoms with Gasteiger partial charge in [-0.1, -0.05) is 20.8 Å². The molecule has 0 fully saturated rings.